The zero-order valence-electron chi connectivity index (χ0n) is 13.3. The van der Waals surface area contributed by atoms with Crippen LogP contribution in [0.1, 0.15) is 12.5 Å². The first-order valence-corrected chi connectivity index (χ1v) is 7.63. The van der Waals surface area contributed by atoms with E-state index in [1.165, 1.54) is 4.68 Å². The molecule has 0 atom stereocenters. The predicted octanol–water partition coefficient (Wildman–Crippen LogP) is 1.51. The number of nitrogens with zero attached hydrogens (tertiary/aromatic N) is 1. The zero-order chi connectivity index (χ0) is 17.1. The number of aromatic nitrogens is 2. The van der Waals surface area contributed by atoms with Gasteiger partial charge in [-0.15, -0.1) is 0 Å². The lowest BCUT2D eigenvalue weighted by molar-refractivity contribution is 0.318. The topological polar surface area (TPSA) is 67.2 Å². The monoisotopic (exact) mass is 322 g/mol. The van der Waals surface area contributed by atoms with Gasteiger partial charge in [0.25, 0.3) is 5.56 Å². The van der Waals surface area contributed by atoms with E-state index in [1.54, 1.807) is 24.3 Å². The fourth-order valence-electron chi connectivity index (χ4n) is 2.46. The standard InChI is InChI=1S/C19H18N2O3/c1-3-24-18-12-14(9-10-17(18)22)11-16-13(2)20-21(19(16)23)15-7-5-4-6-8-15/h4-12,20,22H,2-3H2,1H3/b16-11-. The molecule has 0 aliphatic carbocycles. The minimum absolute atomic E-state index is 0.0691. The van der Waals surface area contributed by atoms with Crippen molar-refractivity contribution in [2.24, 2.45) is 0 Å². The number of hydrogen-bond acceptors (Lipinski definition) is 3. The first kappa shape index (κ1) is 15.7. The number of phenols is 1. The van der Waals surface area contributed by atoms with Gasteiger partial charge in [-0.05, 0) is 42.8 Å². The third-order valence-corrected chi connectivity index (χ3v) is 3.61. The molecule has 3 aromatic rings. The number of hydrogen-bond donors (Lipinski definition) is 2. The number of H-pyrrole nitrogens is 1. The summed E-state index contributed by atoms with van der Waals surface area (Å²) in [7, 11) is 0. The van der Waals surface area contributed by atoms with E-state index < -0.39 is 0 Å². The highest BCUT2D eigenvalue weighted by Crippen LogP contribution is 2.26. The third kappa shape index (κ3) is 2.96. The number of ether oxygens (including phenoxy) is 1. The van der Waals surface area contributed by atoms with Crippen LogP contribution in [-0.4, -0.2) is 21.5 Å². The molecule has 5 heteroatoms. The fraction of sp³-hybridized carbons (Fsp3) is 0.105. The Bertz CT molecular complexity index is 1020. The van der Waals surface area contributed by atoms with Crippen molar-refractivity contribution in [3.8, 4) is 17.2 Å². The van der Waals surface area contributed by atoms with Crippen LogP contribution in [0.25, 0.3) is 18.3 Å². The Kier molecular flexibility index (Phi) is 4.24. The van der Waals surface area contributed by atoms with Crippen molar-refractivity contribution in [1.82, 2.24) is 9.78 Å². The van der Waals surface area contributed by atoms with Crippen LogP contribution in [0.4, 0.5) is 0 Å². The van der Waals surface area contributed by atoms with E-state index in [4.69, 9.17) is 4.74 Å². The molecule has 0 aliphatic heterocycles. The van der Waals surface area contributed by atoms with E-state index in [9.17, 15) is 9.90 Å². The van der Waals surface area contributed by atoms with Crippen molar-refractivity contribution >= 4 is 12.7 Å². The lowest BCUT2D eigenvalue weighted by Crippen LogP contribution is -2.33. The lowest BCUT2D eigenvalue weighted by Gasteiger charge is -2.05. The minimum atomic E-state index is -0.183. The average molecular weight is 322 g/mol. The summed E-state index contributed by atoms with van der Waals surface area (Å²) in [6, 6.07) is 14.3. The molecule has 0 spiro atoms. The van der Waals surface area contributed by atoms with E-state index in [-0.39, 0.29) is 11.3 Å². The van der Waals surface area contributed by atoms with Gasteiger partial charge < -0.3 is 9.84 Å². The summed E-state index contributed by atoms with van der Waals surface area (Å²) in [6.07, 6.45) is 1.72. The number of aromatic hydroxyl groups is 1. The molecule has 0 fully saturated rings. The van der Waals surface area contributed by atoms with Crippen LogP contribution in [0, 0.1) is 0 Å². The van der Waals surface area contributed by atoms with Gasteiger partial charge >= 0.3 is 0 Å². The molecule has 1 heterocycles. The molecule has 0 saturated carbocycles. The molecule has 0 aliphatic rings. The second kappa shape index (κ2) is 6.50. The highest BCUT2D eigenvalue weighted by atomic mass is 16.5. The molecular formula is C19H18N2O3. The van der Waals surface area contributed by atoms with Crippen LogP contribution >= 0.6 is 0 Å². The van der Waals surface area contributed by atoms with Crippen molar-refractivity contribution in [2.45, 2.75) is 6.92 Å². The van der Waals surface area contributed by atoms with Crippen LogP contribution in [0.2, 0.25) is 0 Å². The molecule has 0 bridgehead atoms. The first-order valence-electron chi connectivity index (χ1n) is 7.63. The third-order valence-electron chi connectivity index (χ3n) is 3.61. The Morgan fingerprint density at radius 1 is 1.25 bits per heavy atom. The number of benzene rings is 2. The van der Waals surface area contributed by atoms with Gasteiger partial charge in [0.15, 0.2) is 11.5 Å². The van der Waals surface area contributed by atoms with Gasteiger partial charge in [0.05, 0.1) is 22.9 Å². The zero-order valence-corrected chi connectivity index (χ0v) is 13.3. The number of para-hydroxylation sites is 1. The van der Waals surface area contributed by atoms with E-state index in [2.05, 4.69) is 11.7 Å². The molecule has 0 saturated heterocycles. The molecule has 0 amide bonds. The second-order valence-corrected chi connectivity index (χ2v) is 5.28. The Morgan fingerprint density at radius 3 is 2.71 bits per heavy atom. The van der Waals surface area contributed by atoms with E-state index in [0.29, 0.717) is 22.9 Å². The van der Waals surface area contributed by atoms with E-state index in [0.717, 1.165) is 11.3 Å². The minimum Gasteiger partial charge on any atom is -0.504 e. The summed E-state index contributed by atoms with van der Waals surface area (Å²) in [6.45, 7) is 6.20. The molecule has 1 aromatic heterocycles. The Labute approximate surface area is 138 Å². The van der Waals surface area contributed by atoms with Crippen molar-refractivity contribution in [3.63, 3.8) is 0 Å². The molecule has 2 aromatic carbocycles. The molecule has 5 nitrogen and oxygen atoms in total. The number of phenolic OH excluding ortho intramolecular Hbond substituents is 1. The van der Waals surface area contributed by atoms with Crippen LogP contribution in [0.3, 0.4) is 0 Å². The average Bonchev–Trinajstić information content (AvgIpc) is 2.87. The highest BCUT2D eigenvalue weighted by molar-refractivity contribution is 5.55. The van der Waals surface area contributed by atoms with Crippen molar-refractivity contribution in [2.75, 3.05) is 6.61 Å². The summed E-state index contributed by atoms with van der Waals surface area (Å²) in [5.41, 5.74) is 1.31. The molecule has 24 heavy (non-hydrogen) atoms. The highest BCUT2D eigenvalue weighted by Gasteiger charge is 2.06. The normalized spacial score (nSPS) is 11.6. The SMILES string of the molecule is C=c1[nH]n(-c2ccccc2)c(=O)/c1=C\c1ccc(O)c(OCC)c1. The molecule has 0 radical (unpaired) electrons. The Morgan fingerprint density at radius 2 is 2.00 bits per heavy atom. The predicted molar refractivity (Wildman–Crippen MR) is 94.0 cm³/mol. The summed E-state index contributed by atoms with van der Waals surface area (Å²) in [4.78, 5) is 12.7. The maximum atomic E-state index is 12.7. The maximum absolute atomic E-state index is 12.7. The number of rotatable bonds is 4. The molecule has 3 rings (SSSR count). The summed E-state index contributed by atoms with van der Waals surface area (Å²) in [5, 5.41) is 13.7. The maximum Gasteiger partial charge on any atom is 0.279 e. The summed E-state index contributed by atoms with van der Waals surface area (Å²) >= 11 is 0. The summed E-state index contributed by atoms with van der Waals surface area (Å²) < 4.78 is 6.83. The fourth-order valence-corrected chi connectivity index (χ4v) is 2.46. The van der Waals surface area contributed by atoms with Gasteiger partial charge in [0, 0.05) is 0 Å². The van der Waals surface area contributed by atoms with Crippen LogP contribution in [0.15, 0.2) is 53.3 Å². The first-order chi connectivity index (χ1) is 11.6. The largest absolute Gasteiger partial charge is 0.504 e. The van der Waals surface area contributed by atoms with Gasteiger partial charge in [-0.2, -0.15) is 0 Å². The lowest BCUT2D eigenvalue weighted by atomic mass is 10.1. The number of aromatic amines is 1. The van der Waals surface area contributed by atoms with Crippen molar-refractivity contribution in [3.05, 3.63) is 75.0 Å². The van der Waals surface area contributed by atoms with Gasteiger partial charge in [0.2, 0.25) is 0 Å². The smallest absolute Gasteiger partial charge is 0.279 e. The Hall–Kier alpha value is -3.21. The molecule has 0 unspecified atom stereocenters. The van der Waals surface area contributed by atoms with Gasteiger partial charge in [0.1, 0.15) is 0 Å². The van der Waals surface area contributed by atoms with Gasteiger partial charge in [-0.1, -0.05) is 30.8 Å². The van der Waals surface area contributed by atoms with E-state index in [1.807, 2.05) is 37.3 Å². The number of nitrogens with one attached hydrogen (secondary N) is 1. The summed E-state index contributed by atoms with van der Waals surface area (Å²) in [5.74, 6) is 0.454. The molecular weight excluding hydrogens is 304 g/mol. The second-order valence-electron chi connectivity index (χ2n) is 5.28. The Balaban J connectivity index is 2.12. The van der Waals surface area contributed by atoms with Crippen LogP contribution in [0.5, 0.6) is 11.5 Å². The molecule has 122 valence electrons. The van der Waals surface area contributed by atoms with Crippen molar-refractivity contribution < 1.29 is 9.84 Å². The van der Waals surface area contributed by atoms with Crippen LogP contribution < -0.4 is 20.9 Å². The quantitative estimate of drug-likeness (QED) is 0.765. The molecule has 2 N–H and O–H groups in total. The van der Waals surface area contributed by atoms with Gasteiger partial charge in [-0.25, -0.2) is 4.68 Å². The van der Waals surface area contributed by atoms with E-state index >= 15 is 0 Å². The van der Waals surface area contributed by atoms with Gasteiger partial charge in [-0.3, -0.25) is 9.89 Å². The van der Waals surface area contributed by atoms with Crippen LogP contribution in [-0.2, 0) is 0 Å². The van der Waals surface area contributed by atoms with Crippen molar-refractivity contribution in [1.29, 1.82) is 0 Å².